The zero-order valence-electron chi connectivity index (χ0n) is 10.1. The molecule has 0 aliphatic rings. The van der Waals surface area contributed by atoms with Gasteiger partial charge in [0.2, 0.25) is 0 Å². The van der Waals surface area contributed by atoms with Crippen LogP contribution < -0.4 is 0 Å². The van der Waals surface area contributed by atoms with Crippen molar-refractivity contribution >= 4 is 11.6 Å². The third-order valence-electron chi connectivity index (χ3n) is 2.41. The Labute approximate surface area is 117 Å². The molecule has 2 nitrogen and oxygen atoms in total. The van der Waals surface area contributed by atoms with Gasteiger partial charge in [0.15, 0.2) is 0 Å². The van der Waals surface area contributed by atoms with Crippen molar-refractivity contribution in [3.8, 4) is 0 Å². The second-order valence-electron chi connectivity index (χ2n) is 4.15. The lowest BCUT2D eigenvalue weighted by Crippen LogP contribution is -2.34. The molecule has 0 aromatic heterocycles. The van der Waals surface area contributed by atoms with E-state index in [1.165, 1.54) is 18.2 Å². The molecule has 1 unspecified atom stereocenters. The van der Waals surface area contributed by atoms with Crippen LogP contribution in [0, 0.1) is 5.82 Å². The molecule has 1 N–H and O–H groups in total. The van der Waals surface area contributed by atoms with Gasteiger partial charge in [-0.05, 0) is 11.6 Å². The molecule has 0 amide bonds. The molecule has 1 aromatic rings. The lowest BCUT2D eigenvalue weighted by Gasteiger charge is -2.17. The number of benzene rings is 1. The summed E-state index contributed by atoms with van der Waals surface area (Å²) in [6, 6.07) is 4.13. The van der Waals surface area contributed by atoms with Gasteiger partial charge in [0.25, 0.3) is 0 Å². The van der Waals surface area contributed by atoms with E-state index in [4.69, 9.17) is 11.6 Å². The average molecular weight is 319 g/mol. The molecule has 0 aliphatic heterocycles. The number of ether oxygens (including phenoxy) is 1. The maximum Gasteiger partial charge on any atom is 0.330 e. The van der Waals surface area contributed by atoms with Crippen molar-refractivity contribution < 1.29 is 31.8 Å². The van der Waals surface area contributed by atoms with Crippen molar-refractivity contribution in [1.82, 2.24) is 0 Å². The van der Waals surface area contributed by atoms with Gasteiger partial charge in [-0.15, -0.1) is 0 Å². The molecule has 8 heteroatoms. The number of hydrogen-bond acceptors (Lipinski definition) is 2. The highest BCUT2D eigenvalue weighted by Gasteiger charge is 2.41. The van der Waals surface area contributed by atoms with E-state index in [2.05, 4.69) is 4.74 Å². The van der Waals surface area contributed by atoms with E-state index in [0.29, 0.717) is 0 Å². The second kappa shape index (κ2) is 7.19. The van der Waals surface area contributed by atoms with Crippen molar-refractivity contribution in [2.45, 2.75) is 24.9 Å². The molecule has 114 valence electrons. The fraction of sp³-hybridized carbons (Fsp3) is 0.500. The first-order valence-electron chi connectivity index (χ1n) is 5.58. The molecule has 0 saturated heterocycles. The Bertz CT molecular complexity index is 442. The van der Waals surface area contributed by atoms with Crippen molar-refractivity contribution in [2.24, 2.45) is 0 Å². The Morgan fingerprint density at radius 3 is 2.55 bits per heavy atom. The zero-order valence-corrected chi connectivity index (χ0v) is 10.9. The highest BCUT2D eigenvalue weighted by atomic mass is 35.5. The maximum atomic E-state index is 13.5. The van der Waals surface area contributed by atoms with Gasteiger partial charge in [0.05, 0.1) is 17.7 Å². The van der Waals surface area contributed by atoms with Crippen LogP contribution >= 0.6 is 11.6 Å². The molecule has 0 spiro atoms. The quantitative estimate of drug-likeness (QED) is 0.782. The normalized spacial score (nSPS) is 13.8. The van der Waals surface area contributed by atoms with Gasteiger partial charge < -0.3 is 9.84 Å². The summed E-state index contributed by atoms with van der Waals surface area (Å²) in [5.41, 5.74) is 0.0780. The zero-order chi connectivity index (χ0) is 15.3. The number of hydrogen-bond donors (Lipinski definition) is 1. The lowest BCUT2D eigenvalue weighted by atomic mass is 10.1. The number of aliphatic hydroxyl groups excluding tert-OH is 1. The minimum Gasteiger partial charge on any atom is -0.390 e. The average Bonchev–Trinajstić information content (AvgIpc) is 2.34. The molecule has 0 bridgehead atoms. The van der Waals surface area contributed by atoms with Crippen LogP contribution in [0.3, 0.4) is 0 Å². The summed E-state index contributed by atoms with van der Waals surface area (Å²) in [5.74, 6) is -5.01. The SMILES string of the molecule is OC(COCC(F)(F)C(F)F)Cc1cccc(Cl)c1F. The minimum absolute atomic E-state index is 0.0780. The third kappa shape index (κ3) is 4.88. The van der Waals surface area contributed by atoms with E-state index in [1.807, 2.05) is 0 Å². The summed E-state index contributed by atoms with van der Waals surface area (Å²) in [5, 5.41) is 9.35. The molecular formula is C12H12ClF5O2. The third-order valence-corrected chi connectivity index (χ3v) is 2.70. The van der Waals surface area contributed by atoms with Crippen LogP contribution in [0.25, 0.3) is 0 Å². The predicted molar refractivity (Wildman–Crippen MR) is 62.9 cm³/mol. The van der Waals surface area contributed by atoms with Gasteiger partial charge in [0, 0.05) is 6.42 Å². The Balaban J connectivity index is 2.45. The molecule has 1 rings (SSSR count). The topological polar surface area (TPSA) is 29.5 Å². The largest absolute Gasteiger partial charge is 0.390 e. The number of rotatable bonds is 7. The van der Waals surface area contributed by atoms with E-state index in [1.54, 1.807) is 0 Å². The number of alkyl halides is 4. The molecule has 1 aromatic carbocycles. The van der Waals surface area contributed by atoms with Gasteiger partial charge in [-0.1, -0.05) is 23.7 Å². The van der Waals surface area contributed by atoms with Crippen LogP contribution in [0.4, 0.5) is 22.0 Å². The molecule has 0 fully saturated rings. The molecule has 0 radical (unpaired) electrons. The van der Waals surface area contributed by atoms with Gasteiger partial charge in [-0.3, -0.25) is 0 Å². The van der Waals surface area contributed by atoms with Crippen molar-refractivity contribution in [1.29, 1.82) is 0 Å². The van der Waals surface area contributed by atoms with Crippen molar-refractivity contribution in [3.05, 3.63) is 34.6 Å². The highest BCUT2D eigenvalue weighted by Crippen LogP contribution is 2.23. The van der Waals surface area contributed by atoms with E-state index in [0.717, 1.165) is 0 Å². The fourth-order valence-electron chi connectivity index (χ4n) is 1.41. The Morgan fingerprint density at radius 1 is 1.30 bits per heavy atom. The monoisotopic (exact) mass is 318 g/mol. The second-order valence-corrected chi connectivity index (χ2v) is 4.55. The summed E-state index contributed by atoms with van der Waals surface area (Å²) in [6.07, 6.45) is -5.38. The van der Waals surface area contributed by atoms with E-state index >= 15 is 0 Å². The lowest BCUT2D eigenvalue weighted by molar-refractivity contribution is -0.170. The molecule has 0 heterocycles. The van der Waals surface area contributed by atoms with Crippen LogP contribution in [0.1, 0.15) is 5.56 Å². The van der Waals surface area contributed by atoms with Crippen molar-refractivity contribution in [3.63, 3.8) is 0 Å². The predicted octanol–water partition coefficient (Wildman–Crippen LogP) is 3.30. The van der Waals surface area contributed by atoms with Gasteiger partial charge in [-0.25, -0.2) is 13.2 Å². The first-order chi connectivity index (χ1) is 9.24. The van der Waals surface area contributed by atoms with E-state index < -0.39 is 37.5 Å². The minimum atomic E-state index is -4.28. The summed E-state index contributed by atoms with van der Waals surface area (Å²) in [4.78, 5) is 0. The first kappa shape index (κ1) is 17.1. The Morgan fingerprint density at radius 2 is 1.95 bits per heavy atom. The summed E-state index contributed by atoms with van der Waals surface area (Å²) in [6.45, 7) is -2.13. The van der Waals surface area contributed by atoms with Gasteiger partial charge in [0.1, 0.15) is 12.4 Å². The van der Waals surface area contributed by atoms with E-state index in [9.17, 15) is 27.1 Å². The van der Waals surface area contributed by atoms with Gasteiger partial charge in [-0.2, -0.15) is 8.78 Å². The Kier molecular flexibility index (Phi) is 6.16. The highest BCUT2D eigenvalue weighted by molar-refractivity contribution is 6.30. The fourth-order valence-corrected chi connectivity index (χ4v) is 1.61. The summed E-state index contributed by atoms with van der Waals surface area (Å²) < 4.78 is 66.5. The standard InChI is InChI=1S/C12H12ClF5O2/c13-9-3-1-2-7(10(9)14)4-8(19)5-20-6-12(17,18)11(15)16/h1-3,8,11,19H,4-6H2. The Hall–Kier alpha value is -0.920. The van der Waals surface area contributed by atoms with E-state index in [-0.39, 0.29) is 17.0 Å². The summed E-state index contributed by atoms with van der Waals surface area (Å²) in [7, 11) is 0. The van der Waals surface area contributed by atoms with Crippen LogP contribution in [0.15, 0.2) is 18.2 Å². The maximum absolute atomic E-state index is 13.5. The van der Waals surface area contributed by atoms with Crippen LogP contribution in [-0.2, 0) is 11.2 Å². The smallest absolute Gasteiger partial charge is 0.330 e. The van der Waals surface area contributed by atoms with Gasteiger partial charge >= 0.3 is 12.3 Å². The van der Waals surface area contributed by atoms with Crippen LogP contribution in [0.5, 0.6) is 0 Å². The molecule has 0 saturated carbocycles. The number of halogens is 6. The number of aliphatic hydroxyl groups is 1. The first-order valence-corrected chi connectivity index (χ1v) is 5.96. The molecular weight excluding hydrogens is 307 g/mol. The molecule has 1 atom stereocenters. The summed E-state index contributed by atoms with van der Waals surface area (Å²) >= 11 is 5.53. The van der Waals surface area contributed by atoms with Crippen LogP contribution in [-0.4, -0.2) is 36.8 Å². The molecule has 20 heavy (non-hydrogen) atoms. The molecule has 0 aliphatic carbocycles. The van der Waals surface area contributed by atoms with Crippen LogP contribution in [0.2, 0.25) is 5.02 Å². The van der Waals surface area contributed by atoms with Crippen molar-refractivity contribution in [2.75, 3.05) is 13.2 Å².